The van der Waals surface area contributed by atoms with Crippen molar-refractivity contribution in [2.75, 3.05) is 0 Å². The van der Waals surface area contributed by atoms with E-state index >= 15 is 0 Å². The molecule has 5 heteroatoms. The van der Waals surface area contributed by atoms with Crippen LogP contribution < -0.4 is 4.74 Å². The lowest BCUT2D eigenvalue weighted by atomic mass is 10.0. The Labute approximate surface area is 195 Å². The van der Waals surface area contributed by atoms with Gasteiger partial charge in [0.2, 0.25) is 0 Å². The van der Waals surface area contributed by atoms with Crippen molar-refractivity contribution in [3.05, 3.63) is 111 Å². The first kappa shape index (κ1) is 21.3. The molecule has 0 heterocycles. The molecule has 0 N–H and O–H groups in total. The quantitative estimate of drug-likeness (QED) is 0.219. The van der Waals surface area contributed by atoms with E-state index in [0.29, 0.717) is 44.1 Å². The lowest BCUT2D eigenvalue weighted by Crippen LogP contribution is -1.98. The Morgan fingerprint density at radius 2 is 1.61 bits per heavy atom. The zero-order valence-electron chi connectivity index (χ0n) is 16.3. The molecule has 152 valence electrons. The lowest BCUT2D eigenvalue weighted by molar-refractivity contribution is 0.307. The van der Waals surface area contributed by atoms with E-state index in [2.05, 4.69) is 24.3 Å². The fourth-order valence-electron chi connectivity index (χ4n) is 3.37. The van der Waals surface area contributed by atoms with E-state index in [1.807, 2.05) is 24.3 Å². The van der Waals surface area contributed by atoms with E-state index in [0.717, 1.165) is 16.3 Å². The summed E-state index contributed by atoms with van der Waals surface area (Å²) < 4.78 is 6.15. The first-order valence-corrected chi connectivity index (χ1v) is 10.6. The molecule has 0 unspecified atom stereocenters. The summed E-state index contributed by atoms with van der Waals surface area (Å²) in [5, 5.41) is 13.5. The Hall–Kier alpha value is -2.96. The number of halogens is 3. The second-order valence-corrected chi connectivity index (χ2v) is 8.18. The molecule has 0 aliphatic rings. The second-order valence-electron chi connectivity index (χ2n) is 6.90. The number of rotatable bonds is 5. The zero-order chi connectivity index (χ0) is 21.8. The monoisotopic (exact) mass is 463 g/mol. The summed E-state index contributed by atoms with van der Waals surface area (Å²) in [7, 11) is 0. The summed E-state index contributed by atoms with van der Waals surface area (Å²) >= 11 is 18.5. The van der Waals surface area contributed by atoms with Gasteiger partial charge in [-0.2, -0.15) is 5.26 Å². The highest BCUT2D eigenvalue weighted by Gasteiger charge is 2.11. The summed E-state index contributed by atoms with van der Waals surface area (Å²) in [6, 6.07) is 26.9. The van der Waals surface area contributed by atoms with Crippen LogP contribution in [0, 0.1) is 11.3 Å². The van der Waals surface area contributed by atoms with Crippen molar-refractivity contribution < 1.29 is 4.74 Å². The summed E-state index contributed by atoms with van der Waals surface area (Å²) in [4.78, 5) is 0. The average molecular weight is 465 g/mol. The highest BCUT2D eigenvalue weighted by Crippen LogP contribution is 2.32. The van der Waals surface area contributed by atoms with Crippen molar-refractivity contribution in [3.8, 4) is 11.8 Å². The molecular formula is C26H16Cl3NO. The molecule has 0 atom stereocenters. The molecule has 0 aliphatic carbocycles. The molecule has 0 aromatic heterocycles. The van der Waals surface area contributed by atoms with Crippen LogP contribution >= 0.6 is 34.8 Å². The molecule has 2 nitrogen and oxygen atoms in total. The van der Waals surface area contributed by atoms with Crippen LogP contribution in [0.15, 0.2) is 78.9 Å². The average Bonchev–Trinajstić information content (AvgIpc) is 2.77. The van der Waals surface area contributed by atoms with Crippen LogP contribution in [-0.4, -0.2) is 0 Å². The minimum Gasteiger partial charge on any atom is -0.488 e. The molecule has 0 amide bonds. The maximum Gasteiger partial charge on any atom is 0.127 e. The highest BCUT2D eigenvalue weighted by atomic mass is 35.5. The standard InChI is InChI=1S/C26H16Cl3NO/c27-21-9-11-26(31-16-18-6-3-5-17-4-1-2-7-23(17)18)19(13-21)12-20(15-30)24-10-8-22(28)14-25(24)29/h1-14H,16H2/b20-12+. The fraction of sp³-hybridized carbons (Fsp3) is 0.0385. The normalized spacial score (nSPS) is 11.4. The molecule has 4 rings (SSSR count). The molecule has 4 aromatic carbocycles. The number of fused-ring (bicyclic) bond motifs is 1. The summed E-state index contributed by atoms with van der Waals surface area (Å²) in [5.74, 6) is 0.621. The van der Waals surface area contributed by atoms with Gasteiger partial charge in [0.1, 0.15) is 12.4 Å². The maximum atomic E-state index is 9.74. The third-order valence-electron chi connectivity index (χ3n) is 4.88. The minimum atomic E-state index is 0.382. The first-order valence-electron chi connectivity index (χ1n) is 9.51. The Bertz CT molecular complexity index is 1330. The largest absolute Gasteiger partial charge is 0.488 e. The number of benzene rings is 4. The summed E-state index contributed by atoms with van der Waals surface area (Å²) in [6.45, 7) is 0.382. The SMILES string of the molecule is N#C/C(=C\c1cc(Cl)ccc1OCc1cccc2ccccc12)c1ccc(Cl)cc1Cl. The van der Waals surface area contributed by atoms with Gasteiger partial charge in [-0.15, -0.1) is 0 Å². The minimum absolute atomic E-state index is 0.382. The third-order valence-corrected chi connectivity index (χ3v) is 5.66. The number of allylic oxidation sites excluding steroid dienone is 1. The summed E-state index contributed by atoms with van der Waals surface area (Å²) in [5.41, 5.74) is 2.74. The van der Waals surface area contributed by atoms with E-state index in [9.17, 15) is 5.26 Å². The van der Waals surface area contributed by atoms with Gasteiger partial charge < -0.3 is 4.74 Å². The van der Waals surface area contributed by atoms with Gasteiger partial charge in [0.15, 0.2) is 0 Å². The Kier molecular flexibility index (Phi) is 6.49. The van der Waals surface area contributed by atoms with Gasteiger partial charge in [-0.05, 0) is 52.7 Å². The van der Waals surface area contributed by atoms with Gasteiger partial charge in [-0.1, -0.05) is 83.3 Å². The molecule has 0 spiro atoms. The molecule has 0 saturated heterocycles. The van der Waals surface area contributed by atoms with Crippen molar-refractivity contribution in [1.82, 2.24) is 0 Å². The van der Waals surface area contributed by atoms with Crippen molar-refractivity contribution >= 4 is 57.2 Å². The van der Waals surface area contributed by atoms with Gasteiger partial charge in [-0.25, -0.2) is 0 Å². The van der Waals surface area contributed by atoms with E-state index < -0.39 is 0 Å². The smallest absolute Gasteiger partial charge is 0.127 e. The Morgan fingerprint density at radius 1 is 0.871 bits per heavy atom. The number of ether oxygens (including phenoxy) is 1. The van der Waals surface area contributed by atoms with E-state index in [1.165, 1.54) is 0 Å². The van der Waals surface area contributed by atoms with Crippen molar-refractivity contribution in [3.63, 3.8) is 0 Å². The highest BCUT2D eigenvalue weighted by molar-refractivity contribution is 6.36. The molecule has 0 saturated carbocycles. The van der Waals surface area contributed by atoms with Crippen LogP contribution in [0.25, 0.3) is 22.4 Å². The zero-order valence-corrected chi connectivity index (χ0v) is 18.5. The molecule has 0 aliphatic heterocycles. The number of hydrogen-bond donors (Lipinski definition) is 0. The Morgan fingerprint density at radius 3 is 2.42 bits per heavy atom. The van der Waals surface area contributed by atoms with Gasteiger partial charge in [0.05, 0.1) is 16.7 Å². The molecular weight excluding hydrogens is 449 g/mol. The molecule has 31 heavy (non-hydrogen) atoms. The first-order chi connectivity index (χ1) is 15.0. The third kappa shape index (κ3) is 4.86. The number of hydrogen-bond acceptors (Lipinski definition) is 2. The van der Waals surface area contributed by atoms with Gasteiger partial charge in [0.25, 0.3) is 0 Å². The van der Waals surface area contributed by atoms with Crippen LogP contribution in [-0.2, 0) is 6.61 Å². The lowest BCUT2D eigenvalue weighted by Gasteiger charge is -2.12. The number of nitrogens with zero attached hydrogens (tertiary/aromatic N) is 1. The molecule has 0 fully saturated rings. The van der Waals surface area contributed by atoms with E-state index in [4.69, 9.17) is 39.5 Å². The molecule has 0 bridgehead atoms. The van der Waals surface area contributed by atoms with Crippen LogP contribution in [0.4, 0.5) is 0 Å². The fourth-order valence-corrected chi connectivity index (χ4v) is 4.06. The van der Waals surface area contributed by atoms with Crippen molar-refractivity contribution in [2.24, 2.45) is 0 Å². The van der Waals surface area contributed by atoms with E-state index in [-0.39, 0.29) is 0 Å². The maximum absolute atomic E-state index is 9.74. The van der Waals surface area contributed by atoms with Gasteiger partial charge >= 0.3 is 0 Å². The van der Waals surface area contributed by atoms with Crippen molar-refractivity contribution in [1.29, 1.82) is 5.26 Å². The second kappa shape index (κ2) is 9.45. The van der Waals surface area contributed by atoms with Crippen LogP contribution in [0.3, 0.4) is 0 Å². The Balaban J connectivity index is 1.69. The van der Waals surface area contributed by atoms with Gasteiger partial charge in [0, 0.05) is 21.2 Å². The van der Waals surface area contributed by atoms with Crippen LogP contribution in [0.2, 0.25) is 15.1 Å². The predicted octanol–water partition coefficient (Wildman–Crippen LogP) is 8.44. The summed E-state index contributed by atoms with van der Waals surface area (Å²) in [6.07, 6.45) is 1.72. The predicted molar refractivity (Wildman–Crippen MR) is 130 cm³/mol. The topological polar surface area (TPSA) is 33.0 Å². The van der Waals surface area contributed by atoms with Crippen molar-refractivity contribution in [2.45, 2.75) is 6.61 Å². The molecule has 4 aromatic rings. The molecule has 0 radical (unpaired) electrons. The van der Waals surface area contributed by atoms with Crippen LogP contribution in [0.5, 0.6) is 5.75 Å². The van der Waals surface area contributed by atoms with Crippen LogP contribution in [0.1, 0.15) is 16.7 Å². The van der Waals surface area contributed by atoms with Gasteiger partial charge in [-0.3, -0.25) is 0 Å². The van der Waals surface area contributed by atoms with E-state index in [1.54, 1.807) is 42.5 Å². The number of nitriles is 1.